The number of hydrogen-bond acceptors (Lipinski definition) is 1. The molecular weight excluding hydrogens is 321 g/mol. The van der Waals surface area contributed by atoms with Crippen molar-refractivity contribution in [1.82, 2.24) is 0 Å². The molecule has 0 aliphatic rings. The number of hydrogen-bond donors (Lipinski definition) is 1. The molecule has 0 aliphatic heterocycles. The fraction of sp³-hybridized carbons (Fsp3) is 0.750. The van der Waals surface area contributed by atoms with E-state index in [-0.39, 0.29) is 22.6 Å². The zero-order valence-corrected chi connectivity index (χ0v) is 7.66. The summed E-state index contributed by atoms with van der Waals surface area (Å²) < 4.78 is 65.7. The van der Waals surface area contributed by atoms with Crippen molar-refractivity contribution in [2.45, 2.75) is 15.8 Å². The fourth-order valence-electron chi connectivity index (χ4n) is 0.403. The van der Waals surface area contributed by atoms with Crippen LogP contribution in [-0.4, -0.2) is 26.9 Å². The van der Waals surface area contributed by atoms with Gasteiger partial charge in [0.25, 0.3) is 0 Å². The molecule has 0 aromatic rings. The van der Waals surface area contributed by atoms with Gasteiger partial charge in [-0.2, -0.15) is 26.3 Å². The van der Waals surface area contributed by atoms with Crippen molar-refractivity contribution in [3.8, 4) is 0 Å². The second kappa shape index (κ2) is 3.17. The van der Waals surface area contributed by atoms with Crippen LogP contribution in [0.15, 0.2) is 0 Å². The highest BCUT2D eigenvalue weighted by molar-refractivity contribution is 14.1. The third-order valence-electron chi connectivity index (χ3n) is 1.08. The zero-order chi connectivity index (χ0) is 11.1. The van der Waals surface area contributed by atoms with Crippen molar-refractivity contribution in [3.05, 3.63) is 0 Å². The Bertz CT molecular complexity index is 204. The van der Waals surface area contributed by atoms with Crippen LogP contribution in [0.2, 0.25) is 0 Å². The van der Waals surface area contributed by atoms with Gasteiger partial charge in [0, 0.05) is 0 Å². The van der Waals surface area contributed by atoms with E-state index in [4.69, 9.17) is 5.11 Å². The third kappa shape index (κ3) is 1.99. The first-order chi connectivity index (χ1) is 5.44. The average Bonchev–Trinajstić information content (AvgIpc) is 1.80. The van der Waals surface area contributed by atoms with Crippen LogP contribution >= 0.6 is 22.6 Å². The summed E-state index contributed by atoms with van der Waals surface area (Å²) >= 11 is -0.171. The van der Waals surface area contributed by atoms with Crippen LogP contribution in [0.4, 0.5) is 26.3 Å². The second-order valence-corrected chi connectivity index (χ2v) is 3.58. The predicted molar refractivity (Wildman–Crippen MR) is 36.5 cm³/mol. The summed E-state index contributed by atoms with van der Waals surface area (Å²) in [5, 5.41) is 7.86. The van der Waals surface area contributed by atoms with Gasteiger partial charge in [-0.1, -0.05) is 0 Å². The molecule has 2 nitrogen and oxygen atoms in total. The Morgan fingerprint density at radius 1 is 1.00 bits per heavy atom. The molecule has 1 N–H and O–H groups in total. The summed E-state index contributed by atoms with van der Waals surface area (Å²) in [5.41, 5.74) is 0. The Labute approximate surface area is 81.0 Å². The number of carboxylic acid groups (broad SMARTS) is 1. The Kier molecular flexibility index (Phi) is 3.12. The number of rotatable bonds is 1. The Hall–Kier alpha value is -0.220. The van der Waals surface area contributed by atoms with Gasteiger partial charge in [0.15, 0.2) is 0 Å². The molecule has 0 aromatic heterocycles. The van der Waals surface area contributed by atoms with E-state index >= 15 is 0 Å². The quantitative estimate of drug-likeness (QED) is 0.457. The van der Waals surface area contributed by atoms with E-state index in [1.54, 1.807) is 0 Å². The maximum atomic E-state index is 11.7. The molecule has 0 radical (unpaired) electrons. The molecule has 0 heterocycles. The van der Waals surface area contributed by atoms with Crippen molar-refractivity contribution >= 4 is 28.6 Å². The van der Waals surface area contributed by atoms with Crippen LogP contribution in [0.5, 0.6) is 0 Å². The van der Waals surface area contributed by atoms with Crippen molar-refractivity contribution in [3.63, 3.8) is 0 Å². The van der Waals surface area contributed by atoms with Crippen molar-refractivity contribution < 1.29 is 36.2 Å². The summed E-state index contributed by atoms with van der Waals surface area (Å²) in [6.45, 7) is 0. The highest BCUT2D eigenvalue weighted by Gasteiger charge is 2.75. The number of carbonyl (C=O) groups is 1. The lowest BCUT2D eigenvalue weighted by molar-refractivity contribution is -0.257. The summed E-state index contributed by atoms with van der Waals surface area (Å²) in [7, 11) is 0. The SMILES string of the molecule is O=C(O)C(I)(C(F)(F)F)C(F)(F)F. The lowest BCUT2D eigenvalue weighted by atomic mass is 10.1. The van der Waals surface area contributed by atoms with E-state index in [1.807, 2.05) is 0 Å². The van der Waals surface area contributed by atoms with Crippen molar-refractivity contribution in [2.24, 2.45) is 0 Å². The molecule has 0 atom stereocenters. The molecule has 0 aromatic carbocycles. The van der Waals surface area contributed by atoms with Crippen LogP contribution in [0.1, 0.15) is 0 Å². The number of aliphatic carboxylic acids is 1. The van der Waals surface area contributed by atoms with E-state index in [9.17, 15) is 31.1 Å². The maximum Gasteiger partial charge on any atom is 0.422 e. The lowest BCUT2D eigenvalue weighted by Crippen LogP contribution is -2.57. The van der Waals surface area contributed by atoms with Gasteiger partial charge in [0.2, 0.25) is 0 Å². The van der Waals surface area contributed by atoms with Gasteiger partial charge in [0.1, 0.15) is 0 Å². The molecule has 0 saturated heterocycles. The minimum Gasteiger partial charge on any atom is -0.480 e. The molecule has 0 saturated carbocycles. The zero-order valence-electron chi connectivity index (χ0n) is 5.50. The summed E-state index contributed by atoms with van der Waals surface area (Å²) in [6, 6.07) is 0. The Balaban J connectivity index is 5.35. The lowest BCUT2D eigenvalue weighted by Gasteiger charge is -2.27. The monoisotopic (exact) mass is 322 g/mol. The molecule has 78 valence electrons. The molecular formula is C4HF6IO2. The molecule has 0 amide bonds. The van der Waals surface area contributed by atoms with Gasteiger partial charge in [-0.3, -0.25) is 4.79 Å². The number of carboxylic acids is 1. The normalized spacial score (nSPS) is 14.4. The first-order valence-electron chi connectivity index (χ1n) is 2.50. The number of halogens is 7. The van der Waals surface area contributed by atoms with E-state index in [2.05, 4.69) is 0 Å². The first kappa shape index (κ1) is 12.8. The van der Waals surface area contributed by atoms with Crippen LogP contribution in [0, 0.1) is 0 Å². The molecule has 0 aliphatic carbocycles. The highest BCUT2D eigenvalue weighted by Crippen LogP contribution is 2.49. The Morgan fingerprint density at radius 3 is 1.23 bits per heavy atom. The molecule has 0 unspecified atom stereocenters. The smallest absolute Gasteiger partial charge is 0.422 e. The fourth-order valence-corrected chi connectivity index (χ4v) is 0.403. The minimum atomic E-state index is -5.88. The van der Waals surface area contributed by atoms with Crippen LogP contribution < -0.4 is 0 Å². The summed E-state index contributed by atoms with van der Waals surface area (Å²) in [4.78, 5) is 9.87. The molecule has 9 heteroatoms. The van der Waals surface area contributed by atoms with Gasteiger partial charge in [0.05, 0.1) is 0 Å². The van der Waals surface area contributed by atoms with E-state index in [0.29, 0.717) is 0 Å². The van der Waals surface area contributed by atoms with Gasteiger partial charge < -0.3 is 5.11 Å². The minimum absolute atomic E-state index is 0.171. The molecule has 0 spiro atoms. The van der Waals surface area contributed by atoms with E-state index < -0.39 is 21.7 Å². The molecule has 13 heavy (non-hydrogen) atoms. The largest absolute Gasteiger partial charge is 0.480 e. The Morgan fingerprint density at radius 2 is 1.23 bits per heavy atom. The van der Waals surface area contributed by atoms with Crippen LogP contribution in [0.25, 0.3) is 0 Å². The predicted octanol–water partition coefficient (Wildman–Crippen LogP) is 2.37. The second-order valence-electron chi connectivity index (χ2n) is 1.96. The topological polar surface area (TPSA) is 37.3 Å². The molecule has 0 bridgehead atoms. The highest BCUT2D eigenvalue weighted by atomic mass is 127. The summed E-state index contributed by atoms with van der Waals surface area (Å²) in [6.07, 6.45) is -11.8. The average molecular weight is 322 g/mol. The standard InChI is InChI=1S/C4HF6IO2/c5-3(6,7)2(11,1(12)13)4(8,9)10/h(H,12,13). The third-order valence-corrected chi connectivity index (χ3v) is 2.76. The van der Waals surface area contributed by atoms with Gasteiger partial charge in [-0.25, -0.2) is 0 Å². The van der Waals surface area contributed by atoms with Crippen LogP contribution in [0.3, 0.4) is 0 Å². The maximum absolute atomic E-state index is 11.7. The van der Waals surface area contributed by atoms with Crippen LogP contribution in [-0.2, 0) is 4.79 Å². The number of alkyl halides is 7. The van der Waals surface area contributed by atoms with E-state index in [0.717, 1.165) is 0 Å². The van der Waals surface area contributed by atoms with Gasteiger partial charge in [-0.15, -0.1) is 0 Å². The molecule has 0 rings (SSSR count). The van der Waals surface area contributed by atoms with Crippen molar-refractivity contribution in [1.29, 1.82) is 0 Å². The molecule has 0 fully saturated rings. The van der Waals surface area contributed by atoms with E-state index in [1.165, 1.54) is 0 Å². The van der Waals surface area contributed by atoms with Gasteiger partial charge >= 0.3 is 21.7 Å². The van der Waals surface area contributed by atoms with Gasteiger partial charge in [-0.05, 0) is 22.6 Å². The van der Waals surface area contributed by atoms with Crippen molar-refractivity contribution in [2.75, 3.05) is 0 Å². The summed E-state index contributed by atoms with van der Waals surface area (Å²) in [5.74, 6) is -2.98. The first-order valence-corrected chi connectivity index (χ1v) is 3.58.